The number of nitrogens with two attached hydrogens (primary N) is 1. The number of hydrogen-bond donors (Lipinski definition) is 2. The van der Waals surface area contributed by atoms with Crippen molar-refractivity contribution in [1.29, 1.82) is 0 Å². The van der Waals surface area contributed by atoms with Crippen molar-refractivity contribution in [2.45, 2.75) is 24.8 Å². The molecule has 0 spiro atoms. The highest BCUT2D eigenvalue weighted by atomic mass is 32.2. The number of carbonyl (C=O) groups is 1. The second-order valence-electron chi connectivity index (χ2n) is 5.14. The minimum atomic E-state index is -3.86. The molecule has 2 rings (SSSR count). The van der Waals surface area contributed by atoms with Crippen LogP contribution >= 0.6 is 0 Å². The van der Waals surface area contributed by atoms with Gasteiger partial charge in [-0.2, -0.15) is 4.72 Å². The normalized spacial score (nSPS) is 12.8. The quantitative estimate of drug-likeness (QED) is 0.881. The van der Waals surface area contributed by atoms with Gasteiger partial charge in [-0.05, 0) is 36.6 Å². The molecule has 0 unspecified atom stereocenters. The van der Waals surface area contributed by atoms with Crippen LogP contribution < -0.4 is 10.5 Å². The average molecular weight is 318 g/mol. The lowest BCUT2D eigenvalue weighted by molar-refractivity contribution is -0.119. The minimum absolute atomic E-state index is 0.148. The van der Waals surface area contributed by atoms with Gasteiger partial charge in [0.05, 0.1) is 4.90 Å². The Morgan fingerprint density at radius 2 is 1.73 bits per heavy atom. The van der Waals surface area contributed by atoms with E-state index < -0.39 is 22.0 Å². The van der Waals surface area contributed by atoms with Crippen LogP contribution in [-0.2, 0) is 14.8 Å². The van der Waals surface area contributed by atoms with Gasteiger partial charge < -0.3 is 5.73 Å². The van der Waals surface area contributed by atoms with Gasteiger partial charge in [-0.25, -0.2) is 8.42 Å². The van der Waals surface area contributed by atoms with E-state index >= 15 is 0 Å². The predicted octanol–water partition coefficient (Wildman–Crippen LogP) is 1.81. The molecule has 0 aliphatic heterocycles. The summed E-state index contributed by atoms with van der Waals surface area (Å²) >= 11 is 0. The third-order valence-electron chi connectivity index (χ3n) is 3.32. The number of rotatable bonds is 5. The number of benzene rings is 2. The lowest BCUT2D eigenvalue weighted by Crippen LogP contribution is -2.37. The number of sulfonamides is 1. The van der Waals surface area contributed by atoms with Crippen LogP contribution in [0.4, 0.5) is 0 Å². The van der Waals surface area contributed by atoms with Gasteiger partial charge in [0.25, 0.3) is 0 Å². The second kappa shape index (κ2) is 6.29. The Kier molecular flexibility index (Phi) is 4.63. The molecule has 0 saturated heterocycles. The van der Waals surface area contributed by atoms with E-state index in [1.807, 2.05) is 6.07 Å². The van der Waals surface area contributed by atoms with Crippen LogP contribution in [0.2, 0.25) is 0 Å². The fraction of sp³-hybridized carbons (Fsp3) is 0.188. The molecule has 116 valence electrons. The maximum Gasteiger partial charge on any atom is 0.241 e. The predicted molar refractivity (Wildman–Crippen MR) is 84.6 cm³/mol. The lowest BCUT2D eigenvalue weighted by atomic mass is 10.1. The van der Waals surface area contributed by atoms with E-state index in [-0.39, 0.29) is 4.90 Å². The summed E-state index contributed by atoms with van der Waals surface area (Å²) in [4.78, 5) is 11.8. The number of amides is 1. The second-order valence-corrected chi connectivity index (χ2v) is 6.82. The monoisotopic (exact) mass is 318 g/mol. The van der Waals surface area contributed by atoms with Gasteiger partial charge in [0.1, 0.15) is 6.04 Å². The molecule has 0 aliphatic rings. The van der Waals surface area contributed by atoms with Crippen molar-refractivity contribution in [3.63, 3.8) is 0 Å². The van der Waals surface area contributed by atoms with Crippen LogP contribution in [0, 0.1) is 13.8 Å². The van der Waals surface area contributed by atoms with E-state index in [0.717, 1.165) is 5.56 Å². The summed E-state index contributed by atoms with van der Waals surface area (Å²) in [6, 6.07) is 12.5. The summed E-state index contributed by atoms with van der Waals surface area (Å²) in [6.45, 7) is 3.51. The van der Waals surface area contributed by atoms with Crippen molar-refractivity contribution in [2.75, 3.05) is 0 Å². The lowest BCUT2D eigenvalue weighted by Gasteiger charge is -2.17. The third kappa shape index (κ3) is 3.52. The molecule has 3 N–H and O–H groups in total. The zero-order valence-electron chi connectivity index (χ0n) is 12.4. The number of hydrogen-bond acceptors (Lipinski definition) is 3. The van der Waals surface area contributed by atoms with Gasteiger partial charge in [-0.1, -0.05) is 42.5 Å². The average Bonchev–Trinajstić information content (AvgIpc) is 2.48. The zero-order chi connectivity index (χ0) is 16.3. The van der Waals surface area contributed by atoms with E-state index in [2.05, 4.69) is 4.72 Å². The molecule has 6 heteroatoms. The molecule has 5 nitrogen and oxygen atoms in total. The fourth-order valence-corrected chi connectivity index (χ4v) is 3.67. The maximum absolute atomic E-state index is 12.6. The van der Waals surface area contributed by atoms with Crippen LogP contribution in [-0.4, -0.2) is 14.3 Å². The molecule has 0 aromatic heterocycles. The zero-order valence-corrected chi connectivity index (χ0v) is 13.2. The van der Waals surface area contributed by atoms with Crippen molar-refractivity contribution in [2.24, 2.45) is 5.73 Å². The topological polar surface area (TPSA) is 89.3 Å². The van der Waals surface area contributed by atoms with Crippen molar-refractivity contribution >= 4 is 15.9 Å². The molecule has 0 heterocycles. The first-order valence-electron chi connectivity index (χ1n) is 6.75. The molecule has 1 atom stereocenters. The Hall–Kier alpha value is -2.18. The molecule has 1 amide bonds. The summed E-state index contributed by atoms with van der Waals surface area (Å²) in [5, 5.41) is 0. The van der Waals surface area contributed by atoms with Crippen LogP contribution in [0.5, 0.6) is 0 Å². The third-order valence-corrected chi connectivity index (χ3v) is 4.89. The molecule has 2 aromatic carbocycles. The molecule has 0 aliphatic carbocycles. The van der Waals surface area contributed by atoms with Crippen LogP contribution in [0.25, 0.3) is 0 Å². The van der Waals surface area contributed by atoms with Gasteiger partial charge in [0, 0.05) is 0 Å². The van der Waals surface area contributed by atoms with Crippen molar-refractivity contribution < 1.29 is 13.2 Å². The van der Waals surface area contributed by atoms with E-state index in [0.29, 0.717) is 11.1 Å². The molecule has 0 bridgehead atoms. The summed E-state index contributed by atoms with van der Waals surface area (Å²) in [7, 11) is -3.86. The first kappa shape index (κ1) is 16.2. The van der Waals surface area contributed by atoms with Gasteiger partial charge in [-0.15, -0.1) is 0 Å². The molecular weight excluding hydrogens is 300 g/mol. The Bertz CT molecular complexity index is 786. The summed E-state index contributed by atoms with van der Waals surface area (Å²) < 4.78 is 27.5. The molecular formula is C16H18N2O3S. The summed E-state index contributed by atoms with van der Waals surface area (Å²) in [5.74, 6) is -0.750. The highest BCUT2D eigenvalue weighted by molar-refractivity contribution is 7.89. The Balaban J connectivity index is 2.41. The first-order valence-corrected chi connectivity index (χ1v) is 8.23. The molecule has 22 heavy (non-hydrogen) atoms. The molecule has 0 radical (unpaired) electrons. The molecule has 0 saturated carbocycles. The number of nitrogens with one attached hydrogen (secondary N) is 1. The minimum Gasteiger partial charge on any atom is -0.368 e. The Morgan fingerprint density at radius 3 is 2.32 bits per heavy atom. The Morgan fingerprint density at radius 1 is 1.09 bits per heavy atom. The van der Waals surface area contributed by atoms with Crippen molar-refractivity contribution in [1.82, 2.24) is 4.72 Å². The van der Waals surface area contributed by atoms with Crippen molar-refractivity contribution in [3.05, 3.63) is 65.2 Å². The summed E-state index contributed by atoms with van der Waals surface area (Å²) in [5.41, 5.74) is 7.29. The van der Waals surface area contributed by atoms with E-state index in [4.69, 9.17) is 5.73 Å². The Labute approximate surface area is 130 Å². The SMILES string of the molecule is Cc1ccc(C)c(S(=O)(=O)N[C@H](C(N)=O)c2ccccc2)c1. The van der Waals surface area contributed by atoms with Gasteiger partial charge >= 0.3 is 0 Å². The number of carbonyl (C=O) groups excluding carboxylic acids is 1. The summed E-state index contributed by atoms with van der Waals surface area (Å²) in [6.07, 6.45) is 0. The van der Waals surface area contributed by atoms with Crippen LogP contribution in [0.1, 0.15) is 22.7 Å². The van der Waals surface area contributed by atoms with E-state index in [9.17, 15) is 13.2 Å². The standard InChI is InChI=1S/C16H18N2O3S/c1-11-8-9-12(2)14(10-11)22(20,21)18-15(16(17)19)13-6-4-3-5-7-13/h3-10,15,18H,1-2H3,(H2,17,19)/t15-/m0/s1. The first-order chi connectivity index (χ1) is 10.3. The molecule has 2 aromatic rings. The van der Waals surface area contributed by atoms with E-state index in [1.165, 1.54) is 0 Å². The van der Waals surface area contributed by atoms with Gasteiger partial charge in [0.2, 0.25) is 15.9 Å². The number of aryl methyl sites for hydroxylation is 2. The molecule has 0 fully saturated rings. The smallest absolute Gasteiger partial charge is 0.241 e. The number of primary amides is 1. The fourth-order valence-electron chi connectivity index (χ4n) is 2.15. The van der Waals surface area contributed by atoms with Gasteiger partial charge in [0.15, 0.2) is 0 Å². The maximum atomic E-state index is 12.6. The van der Waals surface area contributed by atoms with Gasteiger partial charge in [-0.3, -0.25) is 4.79 Å². The van der Waals surface area contributed by atoms with Crippen LogP contribution in [0.3, 0.4) is 0 Å². The van der Waals surface area contributed by atoms with Crippen molar-refractivity contribution in [3.8, 4) is 0 Å². The highest BCUT2D eigenvalue weighted by Crippen LogP contribution is 2.20. The van der Waals surface area contributed by atoms with E-state index in [1.54, 1.807) is 56.3 Å². The largest absolute Gasteiger partial charge is 0.368 e. The highest BCUT2D eigenvalue weighted by Gasteiger charge is 2.26. The van der Waals surface area contributed by atoms with Crippen LogP contribution in [0.15, 0.2) is 53.4 Å².